The van der Waals surface area contributed by atoms with Gasteiger partial charge in [-0.05, 0) is 53.4 Å². The summed E-state index contributed by atoms with van der Waals surface area (Å²) < 4.78 is 13.9. The van der Waals surface area contributed by atoms with E-state index in [1.54, 1.807) is 29.5 Å². The zero-order valence-electron chi connectivity index (χ0n) is 10.8. The van der Waals surface area contributed by atoms with Crippen LogP contribution in [0.3, 0.4) is 0 Å². The largest absolute Gasteiger partial charge is 0.314 e. The summed E-state index contributed by atoms with van der Waals surface area (Å²) in [6.07, 6.45) is 1.55. The molecule has 1 atom stereocenters. The van der Waals surface area contributed by atoms with E-state index in [1.165, 1.54) is 5.56 Å². The molecule has 0 spiro atoms. The number of hydrogen-bond acceptors (Lipinski definition) is 2. The van der Waals surface area contributed by atoms with Crippen molar-refractivity contribution in [2.24, 2.45) is 0 Å². The molecule has 1 aromatic heterocycles. The van der Waals surface area contributed by atoms with E-state index < -0.39 is 0 Å². The minimum atomic E-state index is -0.294. The Bertz CT molecular complexity index is 513. The minimum Gasteiger partial charge on any atom is -0.314 e. The first-order valence-corrected chi connectivity index (χ1v) is 7.70. The van der Waals surface area contributed by atoms with Crippen molar-refractivity contribution in [1.29, 1.82) is 0 Å². The Balaban J connectivity index is 2.09. The molecule has 0 saturated carbocycles. The van der Waals surface area contributed by atoms with Crippen molar-refractivity contribution in [3.63, 3.8) is 0 Å². The van der Waals surface area contributed by atoms with Gasteiger partial charge in [-0.25, -0.2) is 4.39 Å². The van der Waals surface area contributed by atoms with Gasteiger partial charge in [0.2, 0.25) is 0 Å². The van der Waals surface area contributed by atoms with Crippen LogP contribution in [0.5, 0.6) is 0 Å². The lowest BCUT2D eigenvalue weighted by Crippen LogP contribution is -2.33. The molecule has 0 aliphatic carbocycles. The standard InChI is InChI=1S/C15H17ClFNS/c1-2-18-13(8-11-6-7-19-10-11)9-12-4-3-5-14(16)15(12)17/h3-7,10,13,18H,2,8-9H2,1H3. The van der Waals surface area contributed by atoms with Crippen molar-refractivity contribution in [2.45, 2.75) is 25.8 Å². The molecule has 4 heteroatoms. The van der Waals surface area contributed by atoms with Gasteiger partial charge >= 0.3 is 0 Å². The second-order valence-corrected chi connectivity index (χ2v) is 5.69. The molecule has 0 aliphatic heterocycles. The van der Waals surface area contributed by atoms with E-state index in [-0.39, 0.29) is 16.9 Å². The second kappa shape index (κ2) is 7.04. The summed E-state index contributed by atoms with van der Waals surface area (Å²) in [7, 11) is 0. The van der Waals surface area contributed by atoms with Crippen LogP contribution in [0.1, 0.15) is 18.1 Å². The van der Waals surface area contributed by atoms with Crippen LogP contribution in [-0.2, 0) is 12.8 Å². The molecule has 0 aliphatic rings. The van der Waals surface area contributed by atoms with Crippen molar-refractivity contribution in [3.05, 3.63) is 57.0 Å². The molecule has 1 N–H and O–H groups in total. The third-order valence-corrected chi connectivity index (χ3v) is 4.08. The molecular weight excluding hydrogens is 281 g/mol. The van der Waals surface area contributed by atoms with Crippen LogP contribution in [0.15, 0.2) is 35.0 Å². The average Bonchev–Trinajstić information content (AvgIpc) is 2.88. The molecule has 1 aromatic carbocycles. The molecule has 2 aromatic rings. The van der Waals surface area contributed by atoms with Gasteiger partial charge in [-0.3, -0.25) is 0 Å². The SMILES string of the molecule is CCNC(Cc1ccsc1)Cc1cccc(Cl)c1F. The third kappa shape index (κ3) is 4.03. The van der Waals surface area contributed by atoms with Crippen molar-refractivity contribution in [3.8, 4) is 0 Å². The molecule has 102 valence electrons. The molecule has 1 nitrogen and oxygen atoms in total. The molecular formula is C15H17ClFNS. The number of benzene rings is 1. The molecule has 0 bridgehead atoms. The van der Waals surface area contributed by atoms with Crippen LogP contribution in [0, 0.1) is 5.82 Å². The zero-order valence-corrected chi connectivity index (χ0v) is 12.4. The molecule has 1 unspecified atom stereocenters. The maximum atomic E-state index is 13.9. The monoisotopic (exact) mass is 297 g/mol. The quantitative estimate of drug-likeness (QED) is 0.838. The van der Waals surface area contributed by atoms with Crippen LogP contribution in [0.25, 0.3) is 0 Å². The lowest BCUT2D eigenvalue weighted by atomic mass is 10.00. The van der Waals surface area contributed by atoms with Crippen LogP contribution >= 0.6 is 22.9 Å². The van der Waals surface area contributed by atoms with Crippen molar-refractivity contribution in [2.75, 3.05) is 6.54 Å². The summed E-state index contributed by atoms with van der Waals surface area (Å²) >= 11 is 7.51. The summed E-state index contributed by atoms with van der Waals surface area (Å²) in [4.78, 5) is 0. The van der Waals surface area contributed by atoms with E-state index in [4.69, 9.17) is 11.6 Å². The topological polar surface area (TPSA) is 12.0 Å². The van der Waals surface area contributed by atoms with E-state index in [9.17, 15) is 4.39 Å². The van der Waals surface area contributed by atoms with Crippen molar-refractivity contribution >= 4 is 22.9 Å². The predicted molar refractivity (Wildman–Crippen MR) is 80.6 cm³/mol. The summed E-state index contributed by atoms with van der Waals surface area (Å²) in [5, 5.41) is 7.81. The smallest absolute Gasteiger partial charge is 0.145 e. The van der Waals surface area contributed by atoms with Gasteiger partial charge in [0.15, 0.2) is 0 Å². The fourth-order valence-electron chi connectivity index (χ4n) is 2.17. The lowest BCUT2D eigenvalue weighted by Gasteiger charge is -2.18. The summed E-state index contributed by atoms with van der Waals surface area (Å²) in [6.45, 7) is 2.94. The van der Waals surface area contributed by atoms with Gasteiger partial charge < -0.3 is 5.32 Å². The maximum absolute atomic E-state index is 13.9. The third-order valence-electron chi connectivity index (χ3n) is 3.05. The first kappa shape index (κ1) is 14.5. The van der Waals surface area contributed by atoms with Crippen LogP contribution < -0.4 is 5.32 Å². The Hall–Kier alpha value is -0.900. The molecule has 19 heavy (non-hydrogen) atoms. The molecule has 0 saturated heterocycles. The highest BCUT2D eigenvalue weighted by atomic mass is 35.5. The number of hydrogen-bond donors (Lipinski definition) is 1. The predicted octanol–water partition coefficient (Wildman–Crippen LogP) is 4.30. The summed E-state index contributed by atoms with van der Waals surface area (Å²) in [5.74, 6) is -0.294. The zero-order chi connectivity index (χ0) is 13.7. The Morgan fingerprint density at radius 1 is 1.32 bits per heavy atom. The Morgan fingerprint density at radius 3 is 2.84 bits per heavy atom. The van der Waals surface area contributed by atoms with Gasteiger partial charge in [0.1, 0.15) is 5.82 Å². The number of rotatable bonds is 6. The first-order valence-electron chi connectivity index (χ1n) is 6.38. The van der Waals surface area contributed by atoms with E-state index in [0.717, 1.165) is 13.0 Å². The van der Waals surface area contributed by atoms with E-state index in [1.807, 2.05) is 0 Å². The highest BCUT2D eigenvalue weighted by molar-refractivity contribution is 7.07. The number of halogens is 2. The fourth-order valence-corrected chi connectivity index (χ4v) is 3.05. The minimum absolute atomic E-state index is 0.197. The van der Waals surface area contributed by atoms with Crippen molar-refractivity contribution < 1.29 is 4.39 Å². The molecule has 0 radical (unpaired) electrons. The molecule has 1 heterocycles. The first-order chi connectivity index (χ1) is 9.20. The van der Waals surface area contributed by atoms with E-state index >= 15 is 0 Å². The Labute approximate surface area is 122 Å². The van der Waals surface area contributed by atoms with Gasteiger partial charge in [0, 0.05) is 6.04 Å². The van der Waals surface area contributed by atoms with Gasteiger partial charge in [-0.2, -0.15) is 11.3 Å². The van der Waals surface area contributed by atoms with E-state index in [0.29, 0.717) is 12.0 Å². The summed E-state index contributed by atoms with van der Waals surface area (Å²) in [6, 6.07) is 7.53. The van der Waals surface area contributed by atoms with Crippen LogP contribution in [-0.4, -0.2) is 12.6 Å². The Morgan fingerprint density at radius 2 is 2.16 bits per heavy atom. The summed E-state index contributed by atoms with van der Waals surface area (Å²) in [5.41, 5.74) is 1.96. The Kier molecular flexibility index (Phi) is 5.37. The van der Waals surface area contributed by atoms with Gasteiger partial charge in [0.25, 0.3) is 0 Å². The fraction of sp³-hybridized carbons (Fsp3) is 0.333. The van der Waals surface area contributed by atoms with E-state index in [2.05, 4.69) is 29.1 Å². The highest BCUT2D eigenvalue weighted by Crippen LogP contribution is 2.20. The lowest BCUT2D eigenvalue weighted by molar-refractivity contribution is 0.506. The maximum Gasteiger partial charge on any atom is 0.145 e. The second-order valence-electron chi connectivity index (χ2n) is 4.51. The molecule has 2 rings (SSSR count). The van der Waals surface area contributed by atoms with Crippen molar-refractivity contribution in [1.82, 2.24) is 5.32 Å². The van der Waals surface area contributed by atoms with Gasteiger partial charge in [-0.1, -0.05) is 30.7 Å². The molecule has 0 amide bonds. The van der Waals surface area contributed by atoms with Gasteiger partial charge in [0.05, 0.1) is 5.02 Å². The normalized spacial score (nSPS) is 12.6. The van der Waals surface area contributed by atoms with Crippen LogP contribution in [0.2, 0.25) is 5.02 Å². The average molecular weight is 298 g/mol. The highest BCUT2D eigenvalue weighted by Gasteiger charge is 2.14. The number of likely N-dealkylation sites (N-methyl/N-ethyl adjacent to an activating group) is 1. The van der Waals surface area contributed by atoms with Gasteiger partial charge in [-0.15, -0.1) is 0 Å². The molecule has 0 fully saturated rings. The number of thiophene rings is 1. The van der Waals surface area contributed by atoms with Crippen LogP contribution in [0.4, 0.5) is 4.39 Å². The number of nitrogens with one attached hydrogen (secondary N) is 1.